The first kappa shape index (κ1) is 11.7. The molecule has 0 aromatic carbocycles. The van der Waals surface area contributed by atoms with Gasteiger partial charge in [0.1, 0.15) is 5.69 Å². The summed E-state index contributed by atoms with van der Waals surface area (Å²) in [6, 6.07) is 5.76. The van der Waals surface area contributed by atoms with Gasteiger partial charge in [0.05, 0.1) is 7.11 Å². The molecular formula is C12H18N2O. The van der Waals surface area contributed by atoms with Crippen molar-refractivity contribution < 1.29 is 4.74 Å². The summed E-state index contributed by atoms with van der Waals surface area (Å²) < 4.78 is 4.86. The van der Waals surface area contributed by atoms with E-state index in [9.17, 15) is 0 Å². The van der Waals surface area contributed by atoms with Crippen LogP contribution in [-0.2, 0) is 4.74 Å². The quantitative estimate of drug-likeness (QED) is 0.608. The predicted octanol–water partition coefficient (Wildman–Crippen LogP) is 2.96. The van der Waals surface area contributed by atoms with E-state index < -0.39 is 0 Å². The van der Waals surface area contributed by atoms with Gasteiger partial charge in [0.2, 0.25) is 5.90 Å². The van der Waals surface area contributed by atoms with Gasteiger partial charge in [0, 0.05) is 11.6 Å². The molecule has 0 aliphatic rings. The third-order valence-corrected chi connectivity index (χ3v) is 2.61. The summed E-state index contributed by atoms with van der Waals surface area (Å²) >= 11 is 0. The number of rotatable bonds is 4. The average molecular weight is 206 g/mol. The van der Waals surface area contributed by atoms with Gasteiger partial charge in [-0.15, -0.1) is 0 Å². The second-order valence-corrected chi connectivity index (χ2v) is 3.49. The van der Waals surface area contributed by atoms with Gasteiger partial charge >= 0.3 is 0 Å². The smallest absolute Gasteiger partial charge is 0.232 e. The Kier molecular flexibility index (Phi) is 4.28. The minimum absolute atomic E-state index is 0.128. The van der Waals surface area contributed by atoms with Crippen LogP contribution in [0.1, 0.15) is 44.0 Å². The number of nitrogens with zero attached hydrogens (tertiary/aromatic N) is 1. The fraction of sp³-hybridized carbons (Fsp3) is 0.500. The van der Waals surface area contributed by atoms with Crippen molar-refractivity contribution in [3.63, 3.8) is 0 Å². The van der Waals surface area contributed by atoms with Gasteiger partial charge in [-0.1, -0.05) is 19.9 Å². The number of nitrogens with one attached hydrogen (secondary N) is 1. The Morgan fingerprint density at radius 1 is 1.40 bits per heavy atom. The van der Waals surface area contributed by atoms with E-state index >= 15 is 0 Å². The van der Waals surface area contributed by atoms with Crippen LogP contribution in [0.2, 0.25) is 0 Å². The molecule has 82 valence electrons. The van der Waals surface area contributed by atoms with Crippen LogP contribution in [0.4, 0.5) is 0 Å². The fourth-order valence-electron chi connectivity index (χ4n) is 1.62. The first-order valence-electron chi connectivity index (χ1n) is 5.32. The molecule has 0 atom stereocenters. The Labute approximate surface area is 91.0 Å². The summed E-state index contributed by atoms with van der Waals surface area (Å²) in [4.78, 5) is 4.44. The molecule has 0 unspecified atom stereocenters. The molecular weight excluding hydrogens is 188 g/mol. The molecule has 3 heteroatoms. The van der Waals surface area contributed by atoms with Crippen LogP contribution in [0.5, 0.6) is 0 Å². The van der Waals surface area contributed by atoms with Crippen molar-refractivity contribution in [1.82, 2.24) is 4.98 Å². The zero-order valence-corrected chi connectivity index (χ0v) is 9.58. The lowest BCUT2D eigenvalue weighted by Gasteiger charge is -2.12. The van der Waals surface area contributed by atoms with Crippen LogP contribution in [0.25, 0.3) is 0 Å². The van der Waals surface area contributed by atoms with Crippen molar-refractivity contribution in [3.8, 4) is 0 Å². The van der Waals surface area contributed by atoms with Gasteiger partial charge in [-0.05, 0) is 25.0 Å². The first-order valence-corrected chi connectivity index (χ1v) is 5.32. The second kappa shape index (κ2) is 5.49. The third kappa shape index (κ3) is 2.78. The van der Waals surface area contributed by atoms with Crippen LogP contribution in [0, 0.1) is 5.41 Å². The van der Waals surface area contributed by atoms with Crippen LogP contribution in [0.3, 0.4) is 0 Å². The van der Waals surface area contributed by atoms with Crippen molar-refractivity contribution in [2.75, 3.05) is 7.11 Å². The number of hydrogen-bond acceptors (Lipinski definition) is 3. The number of pyridine rings is 1. The van der Waals surface area contributed by atoms with Crippen molar-refractivity contribution in [2.24, 2.45) is 0 Å². The van der Waals surface area contributed by atoms with E-state index in [2.05, 4.69) is 18.8 Å². The van der Waals surface area contributed by atoms with E-state index in [4.69, 9.17) is 10.1 Å². The highest BCUT2D eigenvalue weighted by Gasteiger charge is 2.10. The van der Waals surface area contributed by atoms with Crippen LogP contribution in [-0.4, -0.2) is 18.0 Å². The van der Waals surface area contributed by atoms with E-state index in [1.165, 1.54) is 7.11 Å². The maximum absolute atomic E-state index is 7.55. The number of aromatic nitrogens is 1. The third-order valence-electron chi connectivity index (χ3n) is 2.61. The number of hydrogen-bond donors (Lipinski definition) is 1. The summed E-state index contributed by atoms with van der Waals surface area (Å²) in [5.41, 5.74) is 1.67. The molecule has 1 N–H and O–H groups in total. The summed E-state index contributed by atoms with van der Waals surface area (Å²) in [6.45, 7) is 4.31. The Balaban J connectivity index is 2.96. The molecule has 15 heavy (non-hydrogen) atoms. The van der Waals surface area contributed by atoms with Gasteiger partial charge in [-0.25, -0.2) is 4.98 Å². The van der Waals surface area contributed by atoms with Gasteiger partial charge in [0.25, 0.3) is 0 Å². The zero-order chi connectivity index (χ0) is 11.3. The van der Waals surface area contributed by atoms with E-state index in [1.54, 1.807) is 6.07 Å². The van der Waals surface area contributed by atoms with E-state index in [0.29, 0.717) is 11.6 Å². The monoisotopic (exact) mass is 206 g/mol. The molecule has 0 spiro atoms. The number of methoxy groups -OCH3 is 1. The van der Waals surface area contributed by atoms with Gasteiger partial charge in [-0.3, -0.25) is 5.41 Å². The van der Waals surface area contributed by atoms with Gasteiger partial charge in [-0.2, -0.15) is 0 Å². The van der Waals surface area contributed by atoms with Crippen molar-refractivity contribution in [2.45, 2.75) is 32.6 Å². The molecule has 3 nitrogen and oxygen atoms in total. The van der Waals surface area contributed by atoms with Crippen LogP contribution < -0.4 is 0 Å². The van der Waals surface area contributed by atoms with Gasteiger partial charge in [0.15, 0.2) is 0 Å². The Morgan fingerprint density at radius 2 is 2.07 bits per heavy atom. The van der Waals surface area contributed by atoms with Gasteiger partial charge < -0.3 is 4.74 Å². The summed E-state index contributed by atoms with van der Waals surface area (Å²) in [6.07, 6.45) is 2.15. The summed E-state index contributed by atoms with van der Waals surface area (Å²) in [7, 11) is 1.49. The van der Waals surface area contributed by atoms with Crippen molar-refractivity contribution in [3.05, 3.63) is 29.6 Å². The largest absolute Gasteiger partial charge is 0.480 e. The molecule has 0 amide bonds. The Bertz CT molecular complexity index is 332. The molecule has 0 aliphatic carbocycles. The average Bonchev–Trinajstić information content (AvgIpc) is 2.30. The summed E-state index contributed by atoms with van der Waals surface area (Å²) in [5, 5.41) is 7.55. The molecule has 0 aliphatic heterocycles. The molecule has 0 radical (unpaired) electrons. The minimum atomic E-state index is 0.128. The summed E-state index contributed by atoms with van der Waals surface area (Å²) in [5.74, 6) is 0.609. The van der Waals surface area contributed by atoms with Crippen LogP contribution >= 0.6 is 0 Å². The lowest BCUT2D eigenvalue weighted by atomic mass is 9.99. The van der Waals surface area contributed by atoms with Crippen molar-refractivity contribution in [1.29, 1.82) is 5.41 Å². The lowest BCUT2D eigenvalue weighted by molar-refractivity contribution is 0.399. The molecule has 0 saturated carbocycles. The second-order valence-electron chi connectivity index (χ2n) is 3.49. The Morgan fingerprint density at radius 3 is 2.60 bits per heavy atom. The van der Waals surface area contributed by atoms with E-state index in [-0.39, 0.29) is 5.90 Å². The maximum atomic E-state index is 7.55. The molecule has 0 bridgehead atoms. The number of ether oxygens (including phenoxy) is 1. The molecule has 1 rings (SSSR count). The topological polar surface area (TPSA) is 46.0 Å². The first-order chi connectivity index (χ1) is 7.22. The predicted molar refractivity (Wildman–Crippen MR) is 61.4 cm³/mol. The Hall–Kier alpha value is -1.38. The van der Waals surface area contributed by atoms with Crippen LogP contribution in [0.15, 0.2) is 18.2 Å². The fourth-order valence-corrected chi connectivity index (χ4v) is 1.62. The standard InChI is InChI=1S/C12H18N2O/c1-4-9(5-2)10-7-6-8-11(14-10)12(13)15-3/h6-9,13H,4-5H2,1-3H3. The zero-order valence-electron chi connectivity index (χ0n) is 9.58. The SMILES string of the molecule is CCC(CC)c1cccc(C(=N)OC)n1. The van der Waals surface area contributed by atoms with Crippen molar-refractivity contribution >= 4 is 5.90 Å². The lowest BCUT2D eigenvalue weighted by Crippen LogP contribution is -2.07. The molecule has 0 saturated heterocycles. The normalized spacial score (nSPS) is 10.4. The highest BCUT2D eigenvalue weighted by Crippen LogP contribution is 2.20. The highest BCUT2D eigenvalue weighted by atomic mass is 16.5. The minimum Gasteiger partial charge on any atom is -0.480 e. The highest BCUT2D eigenvalue weighted by molar-refractivity contribution is 5.89. The molecule has 1 heterocycles. The molecule has 1 aromatic rings. The molecule has 1 aromatic heterocycles. The van der Waals surface area contributed by atoms with E-state index in [0.717, 1.165) is 18.5 Å². The molecule has 0 fully saturated rings. The van der Waals surface area contributed by atoms with E-state index in [1.807, 2.05) is 12.1 Å². The maximum Gasteiger partial charge on any atom is 0.232 e.